The van der Waals surface area contributed by atoms with Crippen molar-refractivity contribution in [2.24, 2.45) is 0 Å². The molecule has 2 N–H and O–H groups in total. The van der Waals surface area contributed by atoms with E-state index in [1.54, 1.807) is 18.2 Å². The normalized spacial score (nSPS) is 10.4. The maximum Gasteiger partial charge on any atom is 0.338 e. The summed E-state index contributed by atoms with van der Waals surface area (Å²) in [5.41, 5.74) is 2.28. The van der Waals surface area contributed by atoms with Gasteiger partial charge in [-0.05, 0) is 62.4 Å². The molecule has 2 aromatic carbocycles. The first kappa shape index (κ1) is 22.7. The Hall–Kier alpha value is -3.54. The van der Waals surface area contributed by atoms with Gasteiger partial charge >= 0.3 is 11.9 Å². The number of aromatic hydroxyl groups is 2. The van der Waals surface area contributed by atoms with Crippen molar-refractivity contribution in [3.63, 3.8) is 0 Å². The summed E-state index contributed by atoms with van der Waals surface area (Å²) >= 11 is 0. The summed E-state index contributed by atoms with van der Waals surface area (Å²) in [5.74, 6) is -0.720. The van der Waals surface area contributed by atoms with E-state index in [2.05, 4.69) is 13.2 Å². The first-order chi connectivity index (χ1) is 14.1. The van der Waals surface area contributed by atoms with Crippen molar-refractivity contribution in [1.82, 2.24) is 0 Å². The van der Waals surface area contributed by atoms with E-state index in [4.69, 9.17) is 9.47 Å². The maximum atomic E-state index is 12.0. The lowest BCUT2D eigenvalue weighted by molar-refractivity contribution is -0.131. The highest BCUT2D eigenvalue weighted by atomic mass is 16.5. The first-order valence-corrected chi connectivity index (χ1v) is 9.55. The molecule has 0 aromatic heterocycles. The Labute approximate surface area is 176 Å². The zero-order valence-corrected chi connectivity index (χ0v) is 17.4. The molecule has 0 aliphatic rings. The molecule has 0 fully saturated rings. The molecule has 0 unspecified atom stereocenters. The summed E-state index contributed by atoms with van der Waals surface area (Å²) in [6.07, 6.45) is 1.25. The van der Waals surface area contributed by atoms with Gasteiger partial charge in [-0.15, -0.1) is 0 Å². The lowest BCUT2D eigenvalue weighted by Gasteiger charge is -2.15. The Morgan fingerprint density at radius 2 is 1.47 bits per heavy atom. The van der Waals surface area contributed by atoms with E-state index >= 15 is 0 Å². The highest BCUT2D eigenvalue weighted by Gasteiger charge is 2.17. The third-order valence-electron chi connectivity index (χ3n) is 4.50. The molecule has 0 atom stereocenters. The molecule has 0 heterocycles. The third-order valence-corrected chi connectivity index (χ3v) is 4.50. The average Bonchev–Trinajstić information content (AvgIpc) is 2.68. The van der Waals surface area contributed by atoms with Crippen LogP contribution in [0.3, 0.4) is 0 Å². The largest absolute Gasteiger partial charge is 0.508 e. The molecule has 0 saturated carbocycles. The Bertz CT molecular complexity index is 1000. The standard InChI is InChI=1S/C24H26O6/c1-6-16-12-17(22(13-20(16)26)30-24(28)15(4)5)10-11-18-19(25)8-7-9-21(18)29-23(27)14(2)3/h7-9,12-13,25-26H,2,4,6,10-11H2,1,3,5H3. The Balaban J connectivity index is 2.37. The molecule has 0 aliphatic heterocycles. The van der Waals surface area contributed by atoms with Gasteiger partial charge in [0.15, 0.2) is 0 Å². The first-order valence-electron chi connectivity index (χ1n) is 9.55. The second-order valence-corrected chi connectivity index (χ2v) is 7.04. The fourth-order valence-corrected chi connectivity index (χ4v) is 2.77. The quantitative estimate of drug-likeness (QED) is 0.380. The van der Waals surface area contributed by atoms with Crippen molar-refractivity contribution in [2.45, 2.75) is 40.0 Å². The predicted molar refractivity (Wildman–Crippen MR) is 114 cm³/mol. The van der Waals surface area contributed by atoms with E-state index in [0.717, 1.165) is 0 Å². The number of hydrogen-bond donors (Lipinski definition) is 2. The number of rotatable bonds is 8. The lowest BCUT2D eigenvalue weighted by atomic mass is 9.99. The van der Waals surface area contributed by atoms with Crippen LogP contribution >= 0.6 is 0 Å². The zero-order valence-electron chi connectivity index (χ0n) is 17.4. The number of aryl methyl sites for hydroxylation is 2. The predicted octanol–water partition coefficient (Wildman–Crippen LogP) is 4.41. The van der Waals surface area contributed by atoms with Crippen LogP contribution in [0.1, 0.15) is 37.5 Å². The molecule has 0 radical (unpaired) electrons. The number of hydrogen-bond acceptors (Lipinski definition) is 6. The molecule has 2 rings (SSSR count). The number of phenols is 2. The highest BCUT2D eigenvalue weighted by Crippen LogP contribution is 2.33. The van der Waals surface area contributed by atoms with Gasteiger partial charge in [0.25, 0.3) is 0 Å². The minimum Gasteiger partial charge on any atom is -0.508 e. The van der Waals surface area contributed by atoms with E-state index in [1.807, 2.05) is 6.92 Å². The van der Waals surface area contributed by atoms with Gasteiger partial charge in [-0.25, -0.2) is 9.59 Å². The Kier molecular flexibility index (Phi) is 7.42. The smallest absolute Gasteiger partial charge is 0.338 e. The van der Waals surface area contributed by atoms with Crippen LogP contribution in [0, 0.1) is 0 Å². The number of ether oxygens (including phenoxy) is 2. The van der Waals surface area contributed by atoms with Crippen molar-refractivity contribution >= 4 is 11.9 Å². The molecule has 158 valence electrons. The van der Waals surface area contributed by atoms with Gasteiger partial charge < -0.3 is 19.7 Å². The summed E-state index contributed by atoms with van der Waals surface area (Å²) < 4.78 is 10.7. The maximum absolute atomic E-state index is 12.0. The van der Waals surface area contributed by atoms with Crippen molar-refractivity contribution in [2.75, 3.05) is 0 Å². The van der Waals surface area contributed by atoms with Crippen LogP contribution in [0.25, 0.3) is 0 Å². The average molecular weight is 410 g/mol. The molecule has 0 aliphatic carbocycles. The second-order valence-electron chi connectivity index (χ2n) is 7.04. The van der Waals surface area contributed by atoms with Crippen molar-refractivity contribution < 1.29 is 29.3 Å². The SMILES string of the molecule is C=C(C)C(=O)Oc1cc(O)c(CC)cc1CCc1c(O)cccc1OC(=O)C(=C)C. The number of esters is 2. The van der Waals surface area contributed by atoms with Crippen molar-refractivity contribution in [1.29, 1.82) is 0 Å². The van der Waals surface area contributed by atoms with Gasteiger partial charge in [0.05, 0.1) is 0 Å². The van der Waals surface area contributed by atoms with Gasteiger partial charge in [-0.2, -0.15) is 0 Å². The van der Waals surface area contributed by atoms with Crippen LogP contribution in [0.15, 0.2) is 54.6 Å². The topological polar surface area (TPSA) is 93.1 Å². The summed E-state index contributed by atoms with van der Waals surface area (Å²) in [4.78, 5) is 23.9. The van der Waals surface area contributed by atoms with Gasteiger partial charge in [0, 0.05) is 22.8 Å². The van der Waals surface area contributed by atoms with Gasteiger partial charge in [-0.3, -0.25) is 0 Å². The van der Waals surface area contributed by atoms with Gasteiger partial charge in [0.1, 0.15) is 23.0 Å². The van der Waals surface area contributed by atoms with E-state index in [9.17, 15) is 19.8 Å². The number of carbonyl (C=O) groups excluding carboxylic acids is 2. The lowest BCUT2D eigenvalue weighted by Crippen LogP contribution is -2.11. The van der Waals surface area contributed by atoms with Crippen LogP contribution in [0.5, 0.6) is 23.0 Å². The van der Waals surface area contributed by atoms with E-state index in [0.29, 0.717) is 36.0 Å². The third kappa shape index (κ3) is 5.50. The molecule has 0 bridgehead atoms. The van der Waals surface area contributed by atoms with Crippen molar-refractivity contribution in [3.05, 3.63) is 71.3 Å². The van der Waals surface area contributed by atoms with Crippen LogP contribution in [0.4, 0.5) is 0 Å². The summed E-state index contributed by atoms with van der Waals surface area (Å²) in [7, 11) is 0. The molecule has 0 amide bonds. The van der Waals surface area contributed by atoms with E-state index < -0.39 is 11.9 Å². The monoisotopic (exact) mass is 410 g/mol. The molecule has 30 heavy (non-hydrogen) atoms. The van der Waals surface area contributed by atoms with Gasteiger partial charge in [-0.1, -0.05) is 26.1 Å². The minimum absolute atomic E-state index is 0.0167. The molecule has 6 nitrogen and oxygen atoms in total. The Morgan fingerprint density at radius 1 is 0.867 bits per heavy atom. The van der Waals surface area contributed by atoms with Crippen LogP contribution in [-0.2, 0) is 28.9 Å². The molecule has 6 heteroatoms. The molecular weight excluding hydrogens is 384 g/mol. The van der Waals surface area contributed by atoms with Crippen LogP contribution < -0.4 is 9.47 Å². The highest BCUT2D eigenvalue weighted by molar-refractivity contribution is 5.89. The number of benzene rings is 2. The number of carbonyl (C=O) groups is 2. The van der Waals surface area contributed by atoms with Crippen LogP contribution in [-0.4, -0.2) is 22.2 Å². The minimum atomic E-state index is -0.599. The van der Waals surface area contributed by atoms with E-state index in [-0.39, 0.29) is 34.1 Å². The zero-order chi connectivity index (χ0) is 22.4. The summed E-state index contributed by atoms with van der Waals surface area (Å²) in [5, 5.41) is 20.5. The fraction of sp³-hybridized carbons (Fsp3) is 0.250. The molecule has 0 saturated heterocycles. The second kappa shape index (κ2) is 9.78. The fourth-order valence-electron chi connectivity index (χ4n) is 2.77. The molecule has 2 aromatic rings. The number of phenolic OH excluding ortho intramolecular Hbond substituents is 2. The summed E-state index contributed by atoms with van der Waals surface area (Å²) in [6, 6.07) is 7.84. The molecule has 0 spiro atoms. The Morgan fingerprint density at radius 3 is 2.03 bits per heavy atom. The van der Waals surface area contributed by atoms with Crippen LogP contribution in [0.2, 0.25) is 0 Å². The van der Waals surface area contributed by atoms with Gasteiger partial charge in [0.2, 0.25) is 0 Å². The molecular formula is C24H26O6. The van der Waals surface area contributed by atoms with E-state index in [1.165, 1.54) is 26.0 Å². The summed E-state index contributed by atoms with van der Waals surface area (Å²) in [6.45, 7) is 12.1. The van der Waals surface area contributed by atoms with Crippen molar-refractivity contribution in [3.8, 4) is 23.0 Å².